The van der Waals surface area contributed by atoms with E-state index >= 15 is 0 Å². The maximum Gasteiger partial charge on any atom is 0.322 e. The molecule has 2 heterocycles. The van der Waals surface area contributed by atoms with Crippen molar-refractivity contribution in [3.8, 4) is 11.5 Å². The molecule has 0 aliphatic carbocycles. The fraction of sp³-hybridized carbons (Fsp3) is 0. The third-order valence-corrected chi connectivity index (χ3v) is 3.82. The van der Waals surface area contributed by atoms with E-state index in [4.69, 9.17) is 16.0 Å². The molecule has 4 aromatic rings. The van der Waals surface area contributed by atoms with Crippen LogP contribution in [0.4, 0.5) is 6.01 Å². The Morgan fingerprint density at radius 3 is 2.71 bits per heavy atom. The highest BCUT2D eigenvalue weighted by Crippen LogP contribution is 2.23. The van der Waals surface area contributed by atoms with Gasteiger partial charge in [-0.1, -0.05) is 34.9 Å². The number of hydrogen-bond acceptors (Lipinski definition) is 4. The predicted molar refractivity (Wildman–Crippen MR) is 91.0 cm³/mol. The molecule has 0 atom stereocenters. The van der Waals surface area contributed by atoms with Gasteiger partial charge in [-0.15, -0.1) is 5.10 Å². The molecule has 2 N–H and O–H groups in total. The lowest BCUT2D eigenvalue weighted by Crippen LogP contribution is -2.11. The minimum absolute atomic E-state index is 0.0373. The van der Waals surface area contributed by atoms with E-state index in [2.05, 4.69) is 20.5 Å². The van der Waals surface area contributed by atoms with Gasteiger partial charge in [0.15, 0.2) is 0 Å². The first-order valence-electron chi connectivity index (χ1n) is 7.17. The van der Waals surface area contributed by atoms with Gasteiger partial charge in [0.2, 0.25) is 5.89 Å². The predicted octanol–water partition coefficient (Wildman–Crippen LogP) is 4.12. The number of carbonyl (C=O) groups excluding carboxylic acids is 1. The Balaban J connectivity index is 1.57. The van der Waals surface area contributed by atoms with Crippen LogP contribution >= 0.6 is 11.6 Å². The Hall–Kier alpha value is -3.12. The standard InChI is InChI=1S/C17H11ClN4O2/c18-11-7-5-10(6-8-11)16-21-22-17(24-16)20-15(23)13-9-19-14-4-2-1-3-12(13)14/h1-9,19H,(H,20,22,23). The number of carbonyl (C=O) groups is 1. The highest BCUT2D eigenvalue weighted by molar-refractivity contribution is 6.30. The van der Waals surface area contributed by atoms with E-state index in [9.17, 15) is 4.79 Å². The number of hydrogen-bond donors (Lipinski definition) is 2. The Kier molecular flexibility index (Phi) is 3.51. The maximum atomic E-state index is 12.4. The van der Waals surface area contributed by atoms with Gasteiger partial charge in [-0.25, -0.2) is 0 Å². The quantitative estimate of drug-likeness (QED) is 0.588. The van der Waals surface area contributed by atoms with Gasteiger partial charge >= 0.3 is 6.01 Å². The number of H-pyrrole nitrogens is 1. The average Bonchev–Trinajstić information content (AvgIpc) is 3.22. The maximum absolute atomic E-state index is 12.4. The number of aromatic amines is 1. The first-order chi connectivity index (χ1) is 11.7. The molecule has 0 unspecified atom stereocenters. The smallest absolute Gasteiger partial charge is 0.322 e. The molecule has 0 saturated heterocycles. The number of nitrogens with zero attached hydrogens (tertiary/aromatic N) is 2. The van der Waals surface area contributed by atoms with Crippen LogP contribution in [0.25, 0.3) is 22.4 Å². The van der Waals surface area contributed by atoms with Gasteiger partial charge in [0, 0.05) is 27.7 Å². The summed E-state index contributed by atoms with van der Waals surface area (Å²) >= 11 is 5.85. The summed E-state index contributed by atoms with van der Waals surface area (Å²) in [5, 5.41) is 11.8. The van der Waals surface area contributed by atoms with E-state index in [1.54, 1.807) is 30.5 Å². The van der Waals surface area contributed by atoms with Crippen LogP contribution in [-0.2, 0) is 0 Å². The van der Waals surface area contributed by atoms with Crippen molar-refractivity contribution < 1.29 is 9.21 Å². The average molecular weight is 339 g/mol. The Morgan fingerprint density at radius 1 is 1.08 bits per heavy atom. The molecule has 24 heavy (non-hydrogen) atoms. The van der Waals surface area contributed by atoms with Gasteiger partial charge in [0.1, 0.15) is 0 Å². The summed E-state index contributed by atoms with van der Waals surface area (Å²) in [7, 11) is 0. The molecule has 118 valence electrons. The zero-order chi connectivity index (χ0) is 16.5. The molecule has 1 amide bonds. The molecule has 2 aromatic heterocycles. The summed E-state index contributed by atoms with van der Waals surface area (Å²) < 4.78 is 5.48. The number of fused-ring (bicyclic) bond motifs is 1. The van der Waals surface area contributed by atoms with Crippen LogP contribution in [0.2, 0.25) is 5.02 Å². The van der Waals surface area contributed by atoms with E-state index in [1.165, 1.54) is 0 Å². The molecule has 0 spiro atoms. The van der Waals surface area contributed by atoms with E-state index in [-0.39, 0.29) is 11.9 Å². The summed E-state index contributed by atoms with van der Waals surface area (Å²) in [4.78, 5) is 15.5. The van der Waals surface area contributed by atoms with Crippen LogP contribution in [-0.4, -0.2) is 21.1 Å². The SMILES string of the molecule is O=C(Nc1nnc(-c2ccc(Cl)cc2)o1)c1c[nH]c2ccccc12. The number of halogens is 1. The van der Waals surface area contributed by atoms with Crippen LogP contribution in [0.5, 0.6) is 0 Å². The monoisotopic (exact) mass is 338 g/mol. The molecule has 0 aliphatic heterocycles. The lowest BCUT2D eigenvalue weighted by Gasteiger charge is -1.99. The van der Waals surface area contributed by atoms with Crippen molar-refractivity contribution >= 4 is 34.4 Å². The molecular formula is C17H11ClN4O2. The second-order valence-corrected chi connectivity index (χ2v) is 5.56. The lowest BCUT2D eigenvalue weighted by molar-refractivity contribution is 0.102. The first kappa shape index (κ1) is 14.5. The van der Waals surface area contributed by atoms with Gasteiger partial charge < -0.3 is 9.40 Å². The highest BCUT2D eigenvalue weighted by atomic mass is 35.5. The van der Waals surface area contributed by atoms with E-state index < -0.39 is 0 Å². The number of nitrogens with one attached hydrogen (secondary N) is 2. The van der Waals surface area contributed by atoms with Gasteiger partial charge in [-0.2, -0.15) is 0 Å². The molecule has 0 radical (unpaired) electrons. The van der Waals surface area contributed by atoms with Crippen LogP contribution < -0.4 is 5.32 Å². The van der Waals surface area contributed by atoms with Crippen molar-refractivity contribution in [2.45, 2.75) is 0 Å². The van der Waals surface area contributed by atoms with E-state index in [1.807, 2.05) is 24.3 Å². The van der Waals surface area contributed by atoms with Crippen molar-refractivity contribution in [3.63, 3.8) is 0 Å². The zero-order valence-corrected chi connectivity index (χ0v) is 13.0. The van der Waals surface area contributed by atoms with Crippen molar-refractivity contribution in [1.29, 1.82) is 0 Å². The number of amides is 1. The van der Waals surface area contributed by atoms with Crippen molar-refractivity contribution in [1.82, 2.24) is 15.2 Å². The Morgan fingerprint density at radius 2 is 1.88 bits per heavy atom. The molecule has 0 fully saturated rings. The van der Waals surface area contributed by atoms with Gasteiger partial charge in [0.05, 0.1) is 5.56 Å². The molecule has 2 aromatic carbocycles. The fourth-order valence-corrected chi connectivity index (χ4v) is 2.53. The van der Waals surface area contributed by atoms with Crippen LogP contribution in [0.1, 0.15) is 10.4 Å². The number of benzene rings is 2. The van der Waals surface area contributed by atoms with E-state index in [0.717, 1.165) is 16.5 Å². The third kappa shape index (κ3) is 2.63. The minimum Gasteiger partial charge on any atom is -0.403 e. The summed E-state index contributed by atoms with van der Waals surface area (Å²) in [5.41, 5.74) is 2.12. The molecule has 6 nitrogen and oxygen atoms in total. The summed E-state index contributed by atoms with van der Waals surface area (Å²) in [6, 6.07) is 14.6. The Labute approximate surface area is 141 Å². The summed E-state index contributed by atoms with van der Waals surface area (Å²) in [6.45, 7) is 0. The largest absolute Gasteiger partial charge is 0.403 e. The fourth-order valence-electron chi connectivity index (χ4n) is 2.41. The number of aromatic nitrogens is 3. The second-order valence-electron chi connectivity index (χ2n) is 5.12. The van der Waals surface area contributed by atoms with Gasteiger partial charge in [-0.3, -0.25) is 10.1 Å². The molecule has 0 saturated carbocycles. The van der Waals surface area contributed by atoms with Crippen LogP contribution in [0.15, 0.2) is 59.1 Å². The number of para-hydroxylation sites is 1. The molecule has 4 rings (SSSR count). The number of anilines is 1. The highest BCUT2D eigenvalue weighted by Gasteiger charge is 2.15. The van der Waals surface area contributed by atoms with Crippen molar-refractivity contribution in [2.24, 2.45) is 0 Å². The van der Waals surface area contributed by atoms with Crippen molar-refractivity contribution in [3.05, 3.63) is 65.3 Å². The van der Waals surface area contributed by atoms with Gasteiger partial charge in [-0.05, 0) is 30.3 Å². The lowest BCUT2D eigenvalue weighted by atomic mass is 10.2. The normalized spacial score (nSPS) is 10.9. The minimum atomic E-state index is -0.321. The van der Waals surface area contributed by atoms with Gasteiger partial charge in [0.25, 0.3) is 5.91 Å². The van der Waals surface area contributed by atoms with Crippen LogP contribution in [0, 0.1) is 0 Å². The molecule has 0 aliphatic rings. The van der Waals surface area contributed by atoms with Crippen LogP contribution in [0.3, 0.4) is 0 Å². The topological polar surface area (TPSA) is 83.8 Å². The molecule has 0 bridgehead atoms. The third-order valence-electron chi connectivity index (χ3n) is 3.57. The molecular weight excluding hydrogens is 328 g/mol. The Bertz CT molecular complexity index is 1020. The summed E-state index contributed by atoms with van der Waals surface area (Å²) in [6.07, 6.45) is 1.65. The second kappa shape index (κ2) is 5.82. The molecule has 7 heteroatoms. The summed E-state index contributed by atoms with van der Waals surface area (Å²) in [5.74, 6) is -0.0142. The first-order valence-corrected chi connectivity index (χ1v) is 7.55. The van der Waals surface area contributed by atoms with Crippen molar-refractivity contribution in [2.75, 3.05) is 5.32 Å². The number of rotatable bonds is 3. The van der Waals surface area contributed by atoms with E-state index in [0.29, 0.717) is 16.5 Å². The zero-order valence-electron chi connectivity index (χ0n) is 12.3.